The Bertz CT molecular complexity index is 1010. The molecule has 28 heavy (non-hydrogen) atoms. The molecular formula is C22H23N3O3. The molecule has 1 aromatic heterocycles. The van der Waals surface area contributed by atoms with Crippen molar-refractivity contribution in [1.82, 2.24) is 15.2 Å². The Hall–Kier alpha value is -2.96. The molecule has 1 fully saturated rings. The molecule has 2 heterocycles. The number of fused-ring (bicyclic) bond motifs is 1. The lowest BCUT2D eigenvalue weighted by Crippen LogP contribution is -2.43. The van der Waals surface area contributed by atoms with Gasteiger partial charge in [-0.15, -0.1) is 0 Å². The standard InChI is InChI=1S/C22H23N3O3/c26-21-18-9-5-4-8-17(18)19(14-23-21)22(27)24-15-20(16-6-2-1-3-7-16)25-10-12-28-13-11-25/h1-9,14,20H,10-13,15H2,(H,23,26)(H,24,27)/t20-/m0/s1. The van der Waals surface area contributed by atoms with Crippen molar-refractivity contribution < 1.29 is 9.53 Å². The van der Waals surface area contributed by atoms with Crippen LogP contribution in [0.4, 0.5) is 0 Å². The van der Waals surface area contributed by atoms with Gasteiger partial charge in [0.15, 0.2) is 0 Å². The zero-order chi connectivity index (χ0) is 19.3. The largest absolute Gasteiger partial charge is 0.379 e. The molecule has 1 aliphatic heterocycles. The van der Waals surface area contributed by atoms with Gasteiger partial charge in [-0.1, -0.05) is 48.5 Å². The van der Waals surface area contributed by atoms with Crippen LogP contribution in [0.5, 0.6) is 0 Å². The van der Waals surface area contributed by atoms with Crippen molar-refractivity contribution in [3.8, 4) is 0 Å². The Labute approximate surface area is 163 Å². The number of nitrogens with one attached hydrogen (secondary N) is 2. The lowest BCUT2D eigenvalue weighted by Gasteiger charge is -2.35. The van der Waals surface area contributed by atoms with Crippen molar-refractivity contribution in [1.29, 1.82) is 0 Å². The lowest BCUT2D eigenvalue weighted by atomic mass is 10.0. The highest BCUT2D eigenvalue weighted by atomic mass is 16.5. The summed E-state index contributed by atoms with van der Waals surface area (Å²) in [5.41, 5.74) is 1.45. The van der Waals surface area contributed by atoms with Crippen LogP contribution in [0.3, 0.4) is 0 Å². The van der Waals surface area contributed by atoms with Gasteiger partial charge in [0.2, 0.25) is 0 Å². The zero-order valence-corrected chi connectivity index (χ0v) is 15.6. The SMILES string of the molecule is O=C(NC[C@@H](c1ccccc1)N1CCOCC1)c1c[nH]c(=O)c2ccccc12. The number of hydrogen-bond acceptors (Lipinski definition) is 4. The number of ether oxygens (including phenoxy) is 1. The van der Waals surface area contributed by atoms with Crippen LogP contribution in [0.15, 0.2) is 65.6 Å². The molecule has 1 amide bonds. The van der Waals surface area contributed by atoms with Crippen molar-refractivity contribution in [3.63, 3.8) is 0 Å². The molecule has 3 aromatic rings. The molecule has 0 aliphatic carbocycles. The predicted octanol–water partition coefficient (Wildman–Crippen LogP) is 2.33. The van der Waals surface area contributed by atoms with Crippen LogP contribution in [0.25, 0.3) is 10.8 Å². The Kier molecular flexibility index (Phi) is 5.50. The van der Waals surface area contributed by atoms with E-state index in [-0.39, 0.29) is 17.5 Å². The van der Waals surface area contributed by atoms with Gasteiger partial charge in [0, 0.05) is 36.6 Å². The van der Waals surface area contributed by atoms with Crippen LogP contribution in [0.1, 0.15) is 22.0 Å². The van der Waals surface area contributed by atoms with Crippen molar-refractivity contribution in [2.45, 2.75) is 6.04 Å². The molecule has 1 saturated heterocycles. The number of amides is 1. The molecule has 6 heteroatoms. The second kappa shape index (κ2) is 8.37. The number of rotatable bonds is 5. The average Bonchev–Trinajstić information content (AvgIpc) is 2.76. The maximum absolute atomic E-state index is 12.9. The molecular weight excluding hydrogens is 354 g/mol. The van der Waals surface area contributed by atoms with Gasteiger partial charge in [0.05, 0.1) is 24.8 Å². The molecule has 0 saturated carbocycles. The lowest BCUT2D eigenvalue weighted by molar-refractivity contribution is 0.0162. The minimum atomic E-state index is -0.193. The van der Waals surface area contributed by atoms with Crippen LogP contribution in [0, 0.1) is 0 Å². The fraction of sp³-hybridized carbons (Fsp3) is 0.273. The number of pyridine rings is 1. The maximum atomic E-state index is 12.9. The van der Waals surface area contributed by atoms with Crippen molar-refractivity contribution in [3.05, 3.63) is 82.3 Å². The molecule has 6 nitrogen and oxygen atoms in total. The minimum Gasteiger partial charge on any atom is -0.379 e. The number of carbonyl (C=O) groups is 1. The van der Waals surface area contributed by atoms with Crippen LogP contribution in [-0.2, 0) is 4.74 Å². The number of hydrogen-bond donors (Lipinski definition) is 2. The first-order chi connectivity index (χ1) is 13.7. The van der Waals surface area contributed by atoms with E-state index in [1.54, 1.807) is 18.2 Å². The van der Waals surface area contributed by atoms with Crippen molar-refractivity contribution in [2.24, 2.45) is 0 Å². The van der Waals surface area contributed by atoms with Gasteiger partial charge < -0.3 is 15.0 Å². The number of aromatic amines is 1. The summed E-state index contributed by atoms with van der Waals surface area (Å²) in [6, 6.07) is 17.4. The summed E-state index contributed by atoms with van der Waals surface area (Å²) in [6.45, 7) is 3.54. The normalized spacial score (nSPS) is 16.0. The maximum Gasteiger partial charge on any atom is 0.255 e. The van der Waals surface area contributed by atoms with E-state index >= 15 is 0 Å². The Balaban J connectivity index is 1.56. The Morgan fingerprint density at radius 2 is 1.71 bits per heavy atom. The second-order valence-corrected chi connectivity index (χ2v) is 6.86. The van der Waals surface area contributed by atoms with E-state index in [0.29, 0.717) is 36.1 Å². The first-order valence-electron chi connectivity index (χ1n) is 9.49. The average molecular weight is 377 g/mol. The van der Waals surface area contributed by atoms with Gasteiger partial charge in [-0.2, -0.15) is 0 Å². The minimum absolute atomic E-state index is 0.0723. The molecule has 1 atom stereocenters. The summed E-state index contributed by atoms with van der Waals surface area (Å²) in [6.07, 6.45) is 1.49. The number of benzene rings is 2. The molecule has 2 aromatic carbocycles. The van der Waals surface area contributed by atoms with Gasteiger partial charge in [-0.05, 0) is 11.6 Å². The molecule has 4 rings (SSSR count). The number of carbonyl (C=O) groups excluding carboxylic acids is 1. The van der Waals surface area contributed by atoms with E-state index in [1.165, 1.54) is 6.20 Å². The van der Waals surface area contributed by atoms with E-state index in [9.17, 15) is 9.59 Å². The molecule has 0 unspecified atom stereocenters. The first kappa shape index (κ1) is 18.4. The Morgan fingerprint density at radius 3 is 2.46 bits per heavy atom. The van der Waals surface area contributed by atoms with Crippen LogP contribution >= 0.6 is 0 Å². The van der Waals surface area contributed by atoms with E-state index in [2.05, 4.69) is 27.3 Å². The highest BCUT2D eigenvalue weighted by molar-refractivity contribution is 6.06. The van der Waals surface area contributed by atoms with Crippen LogP contribution in [-0.4, -0.2) is 48.6 Å². The van der Waals surface area contributed by atoms with Gasteiger partial charge in [0.1, 0.15) is 0 Å². The quantitative estimate of drug-likeness (QED) is 0.716. The highest BCUT2D eigenvalue weighted by Crippen LogP contribution is 2.21. The van der Waals surface area contributed by atoms with Crippen LogP contribution < -0.4 is 10.9 Å². The van der Waals surface area contributed by atoms with E-state index in [1.807, 2.05) is 24.3 Å². The van der Waals surface area contributed by atoms with Crippen molar-refractivity contribution in [2.75, 3.05) is 32.8 Å². The Morgan fingerprint density at radius 1 is 1.04 bits per heavy atom. The summed E-state index contributed by atoms with van der Waals surface area (Å²) < 4.78 is 5.48. The van der Waals surface area contributed by atoms with Crippen LogP contribution in [0.2, 0.25) is 0 Å². The summed E-state index contributed by atoms with van der Waals surface area (Å²) in [5, 5.41) is 4.24. The predicted molar refractivity (Wildman–Crippen MR) is 108 cm³/mol. The molecule has 1 aliphatic rings. The number of aromatic nitrogens is 1. The molecule has 2 N–H and O–H groups in total. The summed E-state index contributed by atoms with van der Waals surface area (Å²) in [5.74, 6) is -0.193. The third kappa shape index (κ3) is 3.83. The topological polar surface area (TPSA) is 74.4 Å². The summed E-state index contributed by atoms with van der Waals surface area (Å²) >= 11 is 0. The molecule has 144 valence electrons. The van der Waals surface area contributed by atoms with Gasteiger partial charge in [0.25, 0.3) is 11.5 Å². The van der Waals surface area contributed by atoms with Gasteiger partial charge in [-0.25, -0.2) is 0 Å². The molecule has 0 bridgehead atoms. The third-order valence-electron chi connectivity index (χ3n) is 5.18. The number of H-pyrrole nitrogens is 1. The molecule has 0 spiro atoms. The van der Waals surface area contributed by atoms with E-state index in [4.69, 9.17) is 4.74 Å². The van der Waals surface area contributed by atoms with Gasteiger partial charge in [-0.3, -0.25) is 14.5 Å². The third-order valence-corrected chi connectivity index (χ3v) is 5.18. The second-order valence-electron chi connectivity index (χ2n) is 6.86. The van der Waals surface area contributed by atoms with Gasteiger partial charge >= 0.3 is 0 Å². The zero-order valence-electron chi connectivity index (χ0n) is 15.6. The monoisotopic (exact) mass is 377 g/mol. The van der Waals surface area contributed by atoms with Crippen molar-refractivity contribution >= 4 is 16.7 Å². The highest BCUT2D eigenvalue weighted by Gasteiger charge is 2.23. The smallest absolute Gasteiger partial charge is 0.255 e. The fourth-order valence-corrected chi connectivity index (χ4v) is 3.70. The first-order valence-corrected chi connectivity index (χ1v) is 9.49. The summed E-state index contributed by atoms with van der Waals surface area (Å²) in [7, 11) is 0. The van der Waals surface area contributed by atoms with E-state index in [0.717, 1.165) is 18.7 Å². The number of morpholine rings is 1. The summed E-state index contributed by atoms with van der Waals surface area (Å²) in [4.78, 5) is 29.9. The molecule has 0 radical (unpaired) electrons. The fourth-order valence-electron chi connectivity index (χ4n) is 3.70. The number of nitrogens with zero attached hydrogens (tertiary/aromatic N) is 1. The van der Waals surface area contributed by atoms with E-state index < -0.39 is 0 Å².